The molecule has 2 heterocycles. The van der Waals surface area contributed by atoms with Crippen LogP contribution in [0.15, 0.2) is 30.6 Å². The number of hydrogen-bond donors (Lipinski definition) is 0. The lowest BCUT2D eigenvalue weighted by Gasteiger charge is -2.34. The van der Waals surface area contributed by atoms with Gasteiger partial charge >= 0.3 is 6.09 Å². The number of aryl methyl sites for hydroxylation is 1. The highest BCUT2D eigenvalue weighted by molar-refractivity contribution is 6.32. The summed E-state index contributed by atoms with van der Waals surface area (Å²) in [5.41, 5.74) is 1.05. The van der Waals surface area contributed by atoms with Crippen molar-refractivity contribution in [2.24, 2.45) is 0 Å². The van der Waals surface area contributed by atoms with Crippen molar-refractivity contribution < 1.29 is 14.3 Å². The van der Waals surface area contributed by atoms with E-state index in [1.165, 1.54) is 6.33 Å². The summed E-state index contributed by atoms with van der Waals surface area (Å²) < 4.78 is 10.9. The topological polar surface area (TPSA) is 67.8 Å². The van der Waals surface area contributed by atoms with Crippen molar-refractivity contribution in [2.75, 3.05) is 37.7 Å². The Morgan fingerprint density at radius 3 is 2.69 bits per heavy atom. The highest BCUT2D eigenvalue weighted by Gasteiger charge is 2.23. The Morgan fingerprint density at radius 2 is 1.96 bits per heavy atom. The lowest BCUT2D eigenvalue weighted by atomic mass is 10.2. The van der Waals surface area contributed by atoms with Crippen LogP contribution in [0, 0.1) is 6.92 Å². The lowest BCUT2D eigenvalue weighted by Crippen LogP contribution is -2.49. The third kappa shape index (κ3) is 4.35. The molecular weight excluding hydrogens is 356 g/mol. The molecule has 0 bridgehead atoms. The Morgan fingerprint density at radius 1 is 1.19 bits per heavy atom. The second-order valence-electron chi connectivity index (χ2n) is 5.92. The molecule has 26 heavy (non-hydrogen) atoms. The first-order chi connectivity index (χ1) is 12.6. The number of aromatic nitrogens is 2. The van der Waals surface area contributed by atoms with Crippen LogP contribution in [0.3, 0.4) is 0 Å². The first-order valence-electron chi connectivity index (χ1n) is 8.49. The molecule has 1 aliphatic heterocycles. The molecule has 1 aromatic heterocycles. The summed E-state index contributed by atoms with van der Waals surface area (Å²) in [4.78, 5) is 24.1. The average Bonchev–Trinajstić information content (AvgIpc) is 2.65. The van der Waals surface area contributed by atoms with Gasteiger partial charge in [-0.1, -0.05) is 17.7 Å². The Bertz CT molecular complexity index is 779. The molecule has 0 atom stereocenters. The van der Waals surface area contributed by atoms with Crippen LogP contribution in [-0.4, -0.2) is 53.7 Å². The average molecular weight is 377 g/mol. The summed E-state index contributed by atoms with van der Waals surface area (Å²) >= 11 is 6.18. The van der Waals surface area contributed by atoms with Crippen LogP contribution in [-0.2, 0) is 4.74 Å². The number of amides is 1. The fourth-order valence-electron chi connectivity index (χ4n) is 2.69. The maximum absolute atomic E-state index is 11.8. The number of nitrogens with zero attached hydrogens (tertiary/aromatic N) is 4. The summed E-state index contributed by atoms with van der Waals surface area (Å²) in [7, 11) is 0. The van der Waals surface area contributed by atoms with Gasteiger partial charge in [0, 0.05) is 32.2 Å². The van der Waals surface area contributed by atoms with E-state index in [0.717, 1.165) is 11.4 Å². The van der Waals surface area contributed by atoms with Gasteiger partial charge in [0.1, 0.15) is 17.9 Å². The van der Waals surface area contributed by atoms with Crippen LogP contribution in [0.5, 0.6) is 11.6 Å². The minimum absolute atomic E-state index is 0.270. The smallest absolute Gasteiger partial charge is 0.409 e. The zero-order chi connectivity index (χ0) is 18.5. The van der Waals surface area contributed by atoms with E-state index in [-0.39, 0.29) is 6.09 Å². The summed E-state index contributed by atoms with van der Waals surface area (Å²) in [6.07, 6.45) is 1.19. The lowest BCUT2D eigenvalue weighted by molar-refractivity contribution is 0.105. The molecule has 0 spiro atoms. The molecule has 1 amide bonds. The van der Waals surface area contributed by atoms with E-state index in [1.807, 2.05) is 19.1 Å². The van der Waals surface area contributed by atoms with Gasteiger partial charge in [-0.15, -0.1) is 0 Å². The standard InChI is InChI=1S/C18H21ClN4O3/c1-3-25-18(24)23-8-6-22(7-9-23)16-11-17(21-12-20-16)26-15-10-13(2)4-5-14(15)19/h4-5,10-12H,3,6-9H2,1-2H3. The predicted octanol–water partition coefficient (Wildman–Crippen LogP) is 3.51. The van der Waals surface area contributed by atoms with E-state index in [9.17, 15) is 4.79 Å². The Balaban J connectivity index is 1.66. The quantitative estimate of drug-likeness (QED) is 0.813. The molecule has 1 saturated heterocycles. The summed E-state index contributed by atoms with van der Waals surface area (Å²) in [5.74, 6) is 1.74. The number of benzene rings is 1. The molecule has 138 valence electrons. The van der Waals surface area contributed by atoms with Crippen molar-refractivity contribution in [3.63, 3.8) is 0 Å². The zero-order valence-corrected chi connectivity index (χ0v) is 15.6. The molecule has 0 radical (unpaired) electrons. The van der Waals surface area contributed by atoms with Crippen molar-refractivity contribution in [3.05, 3.63) is 41.2 Å². The Hall–Kier alpha value is -2.54. The van der Waals surface area contributed by atoms with Crippen LogP contribution in [0.4, 0.5) is 10.6 Å². The van der Waals surface area contributed by atoms with Gasteiger partial charge < -0.3 is 19.3 Å². The second-order valence-corrected chi connectivity index (χ2v) is 6.33. The first-order valence-corrected chi connectivity index (χ1v) is 8.87. The van der Waals surface area contributed by atoms with E-state index in [1.54, 1.807) is 24.0 Å². The van der Waals surface area contributed by atoms with Crippen LogP contribution < -0.4 is 9.64 Å². The van der Waals surface area contributed by atoms with Crippen molar-refractivity contribution in [1.29, 1.82) is 0 Å². The second kappa shape index (κ2) is 8.23. The number of ether oxygens (including phenoxy) is 2. The maximum Gasteiger partial charge on any atom is 0.409 e. The molecule has 1 aliphatic rings. The monoisotopic (exact) mass is 376 g/mol. The zero-order valence-electron chi connectivity index (χ0n) is 14.8. The number of halogens is 1. The van der Waals surface area contributed by atoms with E-state index in [2.05, 4.69) is 14.9 Å². The Kier molecular flexibility index (Phi) is 5.78. The molecule has 7 nitrogen and oxygen atoms in total. The summed E-state index contributed by atoms with van der Waals surface area (Å²) in [6, 6.07) is 7.35. The first kappa shape index (κ1) is 18.3. The molecule has 8 heteroatoms. The maximum atomic E-state index is 11.8. The fraction of sp³-hybridized carbons (Fsp3) is 0.389. The van der Waals surface area contributed by atoms with Crippen molar-refractivity contribution >= 4 is 23.5 Å². The number of rotatable bonds is 4. The van der Waals surface area contributed by atoms with E-state index < -0.39 is 0 Å². The number of hydrogen-bond acceptors (Lipinski definition) is 6. The molecule has 3 rings (SSSR count). The highest BCUT2D eigenvalue weighted by Crippen LogP contribution is 2.30. The third-order valence-corrected chi connectivity index (χ3v) is 4.37. The minimum Gasteiger partial charge on any atom is -0.450 e. The highest BCUT2D eigenvalue weighted by atomic mass is 35.5. The molecule has 2 aromatic rings. The Labute approximate surface area is 157 Å². The normalized spacial score (nSPS) is 14.3. The van der Waals surface area contributed by atoms with Gasteiger partial charge in [-0.2, -0.15) is 0 Å². The predicted molar refractivity (Wildman–Crippen MR) is 99.1 cm³/mol. The van der Waals surface area contributed by atoms with Crippen LogP contribution >= 0.6 is 11.6 Å². The molecule has 1 aromatic carbocycles. The fourth-order valence-corrected chi connectivity index (χ4v) is 2.85. The van der Waals surface area contributed by atoms with Crippen LogP contribution in [0.1, 0.15) is 12.5 Å². The van der Waals surface area contributed by atoms with Gasteiger partial charge in [0.25, 0.3) is 0 Å². The van der Waals surface area contributed by atoms with Crippen LogP contribution in [0.2, 0.25) is 5.02 Å². The van der Waals surface area contributed by atoms with Crippen LogP contribution in [0.25, 0.3) is 0 Å². The summed E-state index contributed by atoms with van der Waals surface area (Å²) in [6.45, 7) is 6.66. The van der Waals surface area contributed by atoms with E-state index >= 15 is 0 Å². The number of carbonyl (C=O) groups is 1. The summed E-state index contributed by atoms with van der Waals surface area (Å²) in [5, 5.41) is 0.527. The van der Waals surface area contributed by atoms with Gasteiger partial charge in [-0.25, -0.2) is 14.8 Å². The number of carbonyl (C=O) groups excluding carboxylic acids is 1. The van der Waals surface area contributed by atoms with E-state index in [0.29, 0.717) is 49.4 Å². The molecule has 0 unspecified atom stereocenters. The van der Waals surface area contributed by atoms with Gasteiger partial charge in [-0.3, -0.25) is 0 Å². The van der Waals surface area contributed by atoms with Gasteiger partial charge in [0.05, 0.1) is 11.6 Å². The molecule has 1 fully saturated rings. The molecule has 0 N–H and O–H groups in total. The van der Waals surface area contributed by atoms with Crippen molar-refractivity contribution in [1.82, 2.24) is 14.9 Å². The SMILES string of the molecule is CCOC(=O)N1CCN(c2cc(Oc3cc(C)ccc3Cl)ncn2)CC1. The molecule has 0 saturated carbocycles. The van der Waals surface area contributed by atoms with Gasteiger partial charge in [-0.05, 0) is 31.5 Å². The van der Waals surface area contributed by atoms with E-state index in [4.69, 9.17) is 21.1 Å². The minimum atomic E-state index is -0.270. The van der Waals surface area contributed by atoms with Crippen molar-refractivity contribution in [2.45, 2.75) is 13.8 Å². The largest absolute Gasteiger partial charge is 0.450 e. The molecule has 0 aliphatic carbocycles. The number of piperazine rings is 1. The van der Waals surface area contributed by atoms with Crippen molar-refractivity contribution in [3.8, 4) is 11.6 Å². The molecular formula is C18H21ClN4O3. The van der Waals surface area contributed by atoms with Gasteiger partial charge in [0.15, 0.2) is 0 Å². The number of anilines is 1. The van der Waals surface area contributed by atoms with Gasteiger partial charge in [0.2, 0.25) is 5.88 Å². The third-order valence-electron chi connectivity index (χ3n) is 4.06.